The summed E-state index contributed by atoms with van der Waals surface area (Å²) >= 11 is 6.20. The number of carboxylic acid groups (broad SMARTS) is 1. The van der Waals surface area contributed by atoms with Crippen LogP contribution in [0.2, 0.25) is 5.02 Å². The van der Waals surface area contributed by atoms with E-state index < -0.39 is 5.97 Å². The van der Waals surface area contributed by atoms with Crippen molar-refractivity contribution in [3.8, 4) is 22.8 Å². The van der Waals surface area contributed by atoms with Crippen LogP contribution >= 0.6 is 11.6 Å². The van der Waals surface area contributed by atoms with Crippen LogP contribution in [0.4, 0.5) is 0 Å². The number of para-hydroxylation sites is 1. The van der Waals surface area contributed by atoms with Crippen LogP contribution in [0.1, 0.15) is 10.4 Å². The molecule has 6 heteroatoms. The zero-order chi connectivity index (χ0) is 17.3. The number of ether oxygens (including phenoxy) is 2. The molecule has 0 aliphatic heterocycles. The quantitative estimate of drug-likeness (QED) is 0.766. The van der Waals surface area contributed by atoms with Gasteiger partial charge in [-0.05, 0) is 30.3 Å². The number of fused-ring (bicyclic) bond motifs is 1. The molecule has 0 amide bonds. The van der Waals surface area contributed by atoms with Crippen molar-refractivity contribution in [3.05, 3.63) is 53.1 Å². The molecule has 122 valence electrons. The Morgan fingerprint density at radius 3 is 2.50 bits per heavy atom. The first-order valence-electron chi connectivity index (χ1n) is 7.10. The molecule has 1 aromatic heterocycles. The smallest absolute Gasteiger partial charge is 0.336 e. The first-order valence-corrected chi connectivity index (χ1v) is 7.48. The molecule has 0 spiro atoms. The monoisotopic (exact) mass is 343 g/mol. The van der Waals surface area contributed by atoms with E-state index in [1.165, 1.54) is 13.2 Å². The number of hydrogen-bond donors (Lipinski definition) is 1. The Morgan fingerprint density at radius 1 is 1.08 bits per heavy atom. The van der Waals surface area contributed by atoms with Crippen LogP contribution in [-0.2, 0) is 0 Å². The van der Waals surface area contributed by atoms with E-state index >= 15 is 0 Å². The Kier molecular flexibility index (Phi) is 4.27. The number of rotatable bonds is 4. The van der Waals surface area contributed by atoms with E-state index in [2.05, 4.69) is 4.98 Å². The zero-order valence-electron chi connectivity index (χ0n) is 13.0. The summed E-state index contributed by atoms with van der Waals surface area (Å²) in [5.74, 6) is 0.0813. The van der Waals surface area contributed by atoms with Gasteiger partial charge in [0.15, 0.2) is 11.5 Å². The predicted molar refractivity (Wildman–Crippen MR) is 92.3 cm³/mol. The van der Waals surface area contributed by atoms with Crippen LogP contribution in [0, 0.1) is 0 Å². The Bertz CT molecular complexity index is 940. The third-order valence-corrected chi connectivity index (χ3v) is 4.00. The Balaban J connectivity index is 2.27. The maximum atomic E-state index is 11.6. The van der Waals surface area contributed by atoms with Crippen molar-refractivity contribution >= 4 is 28.5 Å². The maximum absolute atomic E-state index is 11.6. The van der Waals surface area contributed by atoms with Crippen LogP contribution in [0.5, 0.6) is 11.5 Å². The van der Waals surface area contributed by atoms with Gasteiger partial charge in [-0.2, -0.15) is 0 Å². The average Bonchev–Trinajstić information content (AvgIpc) is 2.60. The van der Waals surface area contributed by atoms with Crippen molar-refractivity contribution in [1.82, 2.24) is 4.98 Å². The van der Waals surface area contributed by atoms with E-state index in [1.54, 1.807) is 43.5 Å². The molecule has 0 aliphatic carbocycles. The summed E-state index contributed by atoms with van der Waals surface area (Å²) in [4.78, 5) is 16.1. The van der Waals surface area contributed by atoms with Gasteiger partial charge in [0.2, 0.25) is 0 Å². The largest absolute Gasteiger partial charge is 0.493 e. The molecule has 0 bridgehead atoms. The van der Waals surface area contributed by atoms with Gasteiger partial charge in [-0.3, -0.25) is 0 Å². The molecule has 0 aliphatic rings. The van der Waals surface area contributed by atoms with Crippen molar-refractivity contribution in [2.24, 2.45) is 0 Å². The minimum atomic E-state index is -1.04. The highest BCUT2D eigenvalue weighted by Crippen LogP contribution is 2.34. The summed E-state index contributed by atoms with van der Waals surface area (Å²) in [6, 6.07) is 11.9. The number of aromatic nitrogens is 1. The second kappa shape index (κ2) is 6.37. The maximum Gasteiger partial charge on any atom is 0.336 e. The molecule has 1 N–H and O–H groups in total. The number of carbonyl (C=O) groups is 1. The van der Waals surface area contributed by atoms with Crippen molar-refractivity contribution in [2.75, 3.05) is 14.2 Å². The van der Waals surface area contributed by atoms with Crippen molar-refractivity contribution in [1.29, 1.82) is 0 Å². The van der Waals surface area contributed by atoms with Gasteiger partial charge in [0.05, 0.1) is 36.0 Å². The fraction of sp³-hybridized carbons (Fsp3) is 0.111. The van der Waals surface area contributed by atoms with Crippen molar-refractivity contribution in [3.63, 3.8) is 0 Å². The molecule has 0 saturated heterocycles. The van der Waals surface area contributed by atoms with E-state index in [9.17, 15) is 9.90 Å². The summed E-state index contributed by atoms with van der Waals surface area (Å²) in [6.07, 6.45) is 0. The van der Waals surface area contributed by atoms with Gasteiger partial charge in [-0.1, -0.05) is 23.7 Å². The van der Waals surface area contributed by atoms with E-state index in [0.717, 1.165) is 0 Å². The molecule has 0 saturated carbocycles. The number of methoxy groups -OCH3 is 2. The van der Waals surface area contributed by atoms with Gasteiger partial charge < -0.3 is 14.6 Å². The molecule has 1 heterocycles. The topological polar surface area (TPSA) is 68.7 Å². The second-order valence-electron chi connectivity index (χ2n) is 5.07. The molecule has 0 radical (unpaired) electrons. The van der Waals surface area contributed by atoms with Crippen LogP contribution in [0.25, 0.3) is 22.2 Å². The fourth-order valence-corrected chi connectivity index (χ4v) is 2.75. The van der Waals surface area contributed by atoms with Crippen molar-refractivity contribution < 1.29 is 19.4 Å². The predicted octanol–water partition coefficient (Wildman–Crippen LogP) is 4.27. The third kappa shape index (κ3) is 2.74. The standard InChI is InChI=1S/C18H14ClNO4/c1-23-15-7-6-10(8-16(15)24-2)14-9-12(18(21)22)11-4-3-5-13(19)17(11)20-14/h3-9H,1-2H3,(H,21,22). The van der Waals surface area contributed by atoms with Crippen LogP contribution in [0.15, 0.2) is 42.5 Å². The molecular weight excluding hydrogens is 330 g/mol. The SMILES string of the molecule is COc1ccc(-c2cc(C(=O)O)c3cccc(Cl)c3n2)cc1OC. The molecule has 0 unspecified atom stereocenters. The summed E-state index contributed by atoms with van der Waals surface area (Å²) in [5, 5.41) is 10.4. The first kappa shape index (κ1) is 16.1. The number of nitrogens with zero attached hydrogens (tertiary/aromatic N) is 1. The first-order chi connectivity index (χ1) is 11.5. The fourth-order valence-electron chi connectivity index (χ4n) is 2.53. The van der Waals surface area contributed by atoms with Gasteiger partial charge in [0, 0.05) is 10.9 Å². The number of hydrogen-bond acceptors (Lipinski definition) is 4. The molecule has 2 aromatic carbocycles. The lowest BCUT2D eigenvalue weighted by atomic mass is 10.0. The lowest BCUT2D eigenvalue weighted by molar-refractivity contribution is 0.0699. The summed E-state index contributed by atoms with van der Waals surface area (Å²) in [6.45, 7) is 0. The van der Waals surface area contributed by atoms with E-state index in [4.69, 9.17) is 21.1 Å². The number of aromatic carboxylic acids is 1. The van der Waals surface area contributed by atoms with Gasteiger partial charge in [-0.25, -0.2) is 9.78 Å². The molecule has 3 rings (SSSR count). The average molecular weight is 344 g/mol. The minimum absolute atomic E-state index is 0.146. The van der Waals surface area contributed by atoms with Crippen molar-refractivity contribution in [2.45, 2.75) is 0 Å². The Hall–Kier alpha value is -2.79. The van der Waals surface area contributed by atoms with Gasteiger partial charge in [-0.15, -0.1) is 0 Å². The molecule has 0 fully saturated rings. The lowest BCUT2D eigenvalue weighted by Crippen LogP contribution is -2.01. The van der Waals surface area contributed by atoms with Gasteiger partial charge >= 0.3 is 5.97 Å². The Morgan fingerprint density at radius 2 is 1.83 bits per heavy atom. The van der Waals surface area contributed by atoms with E-state index in [-0.39, 0.29) is 5.56 Å². The number of carboxylic acids is 1. The van der Waals surface area contributed by atoms with E-state index in [1.807, 2.05) is 0 Å². The number of benzene rings is 2. The summed E-state index contributed by atoms with van der Waals surface area (Å²) < 4.78 is 10.5. The van der Waals surface area contributed by atoms with Crippen LogP contribution in [0.3, 0.4) is 0 Å². The normalized spacial score (nSPS) is 10.6. The highest BCUT2D eigenvalue weighted by Gasteiger charge is 2.15. The third-order valence-electron chi connectivity index (χ3n) is 3.70. The minimum Gasteiger partial charge on any atom is -0.493 e. The second-order valence-corrected chi connectivity index (χ2v) is 5.47. The van der Waals surface area contributed by atoms with Crippen LogP contribution in [-0.4, -0.2) is 30.3 Å². The molecule has 3 aromatic rings. The van der Waals surface area contributed by atoms with Gasteiger partial charge in [0.25, 0.3) is 0 Å². The molecular formula is C18H14ClNO4. The zero-order valence-corrected chi connectivity index (χ0v) is 13.8. The highest BCUT2D eigenvalue weighted by atomic mass is 35.5. The molecule has 5 nitrogen and oxygen atoms in total. The molecule has 24 heavy (non-hydrogen) atoms. The van der Waals surface area contributed by atoms with Gasteiger partial charge in [0.1, 0.15) is 0 Å². The summed E-state index contributed by atoms with van der Waals surface area (Å²) in [5.41, 5.74) is 1.79. The Labute approximate surface area is 143 Å². The lowest BCUT2D eigenvalue weighted by Gasteiger charge is -2.11. The summed E-state index contributed by atoms with van der Waals surface area (Å²) in [7, 11) is 3.09. The highest BCUT2D eigenvalue weighted by molar-refractivity contribution is 6.35. The van der Waals surface area contributed by atoms with Crippen LogP contribution < -0.4 is 9.47 Å². The number of halogens is 1. The van der Waals surface area contributed by atoms with E-state index in [0.29, 0.717) is 38.7 Å². The number of pyridine rings is 1. The molecule has 0 atom stereocenters.